The van der Waals surface area contributed by atoms with Gasteiger partial charge in [0, 0.05) is 18.7 Å². The maximum Gasteiger partial charge on any atom is 0.330 e. The van der Waals surface area contributed by atoms with Crippen LogP contribution in [0.2, 0.25) is 5.15 Å². The fourth-order valence-corrected chi connectivity index (χ4v) is 2.81. The Labute approximate surface area is 158 Å². The Kier molecular flexibility index (Phi) is 5.44. The highest BCUT2D eigenvalue weighted by Gasteiger charge is 2.28. The molecule has 1 saturated heterocycles. The molecule has 0 unspecified atom stereocenters. The highest BCUT2D eigenvalue weighted by atomic mass is 35.5. The van der Waals surface area contributed by atoms with E-state index in [1.807, 2.05) is 57.2 Å². The standard InChI is InChI=1S/C19H23ClN4O2/c1-19(2,3)18(25)26-24-11-9-23(10-12-24)16-13-15(17(20)22-21-16)14-7-5-4-6-8-14/h4-8,13H,9-12H2,1-3H3. The summed E-state index contributed by atoms with van der Waals surface area (Å²) in [5, 5.41) is 10.4. The molecule has 26 heavy (non-hydrogen) atoms. The largest absolute Gasteiger partial charge is 0.367 e. The average molecular weight is 375 g/mol. The van der Waals surface area contributed by atoms with Crippen molar-refractivity contribution >= 4 is 23.4 Å². The minimum Gasteiger partial charge on any atom is -0.367 e. The van der Waals surface area contributed by atoms with E-state index in [2.05, 4.69) is 15.1 Å². The second kappa shape index (κ2) is 7.60. The summed E-state index contributed by atoms with van der Waals surface area (Å²) in [6, 6.07) is 11.8. The van der Waals surface area contributed by atoms with Gasteiger partial charge in [-0.3, -0.25) is 0 Å². The molecule has 0 atom stereocenters. The van der Waals surface area contributed by atoms with E-state index in [4.69, 9.17) is 16.4 Å². The van der Waals surface area contributed by atoms with Gasteiger partial charge in [-0.15, -0.1) is 15.3 Å². The van der Waals surface area contributed by atoms with Gasteiger partial charge in [0.25, 0.3) is 0 Å². The predicted octanol–water partition coefficient (Wildman–Crippen LogP) is 3.42. The first-order chi connectivity index (χ1) is 12.3. The minimum atomic E-state index is -0.511. The lowest BCUT2D eigenvalue weighted by Crippen LogP contribution is -2.48. The number of hydrogen-bond acceptors (Lipinski definition) is 6. The summed E-state index contributed by atoms with van der Waals surface area (Å²) in [6.45, 7) is 8.17. The summed E-state index contributed by atoms with van der Waals surface area (Å²) in [6.07, 6.45) is 0. The van der Waals surface area contributed by atoms with Crippen LogP contribution in [0.5, 0.6) is 0 Å². The maximum atomic E-state index is 12.0. The first kappa shape index (κ1) is 18.6. The molecular formula is C19H23ClN4O2. The monoisotopic (exact) mass is 374 g/mol. The molecule has 0 bridgehead atoms. The van der Waals surface area contributed by atoms with Crippen molar-refractivity contribution in [3.63, 3.8) is 0 Å². The van der Waals surface area contributed by atoms with E-state index < -0.39 is 5.41 Å². The molecule has 138 valence electrons. The number of rotatable bonds is 3. The number of benzene rings is 1. The van der Waals surface area contributed by atoms with Crippen molar-refractivity contribution in [2.75, 3.05) is 31.1 Å². The zero-order chi connectivity index (χ0) is 18.7. The smallest absolute Gasteiger partial charge is 0.330 e. The molecule has 1 fully saturated rings. The summed E-state index contributed by atoms with van der Waals surface area (Å²) in [4.78, 5) is 19.6. The van der Waals surface area contributed by atoms with E-state index in [-0.39, 0.29) is 5.97 Å². The first-order valence-electron chi connectivity index (χ1n) is 8.65. The van der Waals surface area contributed by atoms with E-state index >= 15 is 0 Å². The van der Waals surface area contributed by atoms with Gasteiger partial charge in [-0.1, -0.05) is 41.9 Å². The van der Waals surface area contributed by atoms with Crippen molar-refractivity contribution in [1.29, 1.82) is 0 Å². The topological polar surface area (TPSA) is 58.6 Å². The Bertz CT molecular complexity index is 769. The first-order valence-corrected chi connectivity index (χ1v) is 9.03. The molecular weight excluding hydrogens is 352 g/mol. The zero-order valence-electron chi connectivity index (χ0n) is 15.3. The van der Waals surface area contributed by atoms with Gasteiger partial charge in [0.15, 0.2) is 11.0 Å². The van der Waals surface area contributed by atoms with Crippen LogP contribution < -0.4 is 4.90 Å². The molecule has 0 amide bonds. The molecule has 0 spiro atoms. The average Bonchev–Trinajstić information content (AvgIpc) is 2.63. The molecule has 1 aliphatic heterocycles. The molecule has 0 N–H and O–H groups in total. The van der Waals surface area contributed by atoms with Gasteiger partial charge < -0.3 is 9.74 Å². The van der Waals surface area contributed by atoms with Crippen molar-refractivity contribution in [2.24, 2.45) is 5.41 Å². The van der Waals surface area contributed by atoms with Crippen molar-refractivity contribution < 1.29 is 9.63 Å². The number of carbonyl (C=O) groups is 1. The summed E-state index contributed by atoms with van der Waals surface area (Å²) < 4.78 is 0. The van der Waals surface area contributed by atoms with Crippen LogP contribution in [0, 0.1) is 5.41 Å². The second-order valence-electron chi connectivity index (χ2n) is 7.32. The van der Waals surface area contributed by atoms with Crippen LogP contribution in [-0.2, 0) is 9.63 Å². The summed E-state index contributed by atoms with van der Waals surface area (Å²) in [5.74, 6) is 0.554. The number of anilines is 1. The number of halogens is 1. The Morgan fingerprint density at radius 2 is 1.73 bits per heavy atom. The Morgan fingerprint density at radius 1 is 1.08 bits per heavy atom. The van der Waals surface area contributed by atoms with Gasteiger partial charge in [0.1, 0.15) is 0 Å². The van der Waals surface area contributed by atoms with E-state index in [1.165, 1.54) is 0 Å². The van der Waals surface area contributed by atoms with E-state index in [1.54, 1.807) is 5.06 Å². The number of carbonyl (C=O) groups excluding carboxylic acids is 1. The SMILES string of the molecule is CC(C)(C)C(=O)ON1CCN(c2cc(-c3ccccc3)c(Cl)nn2)CC1. The number of piperazine rings is 1. The van der Waals surface area contributed by atoms with Crippen molar-refractivity contribution in [2.45, 2.75) is 20.8 Å². The van der Waals surface area contributed by atoms with E-state index in [0.717, 1.165) is 16.9 Å². The summed E-state index contributed by atoms with van der Waals surface area (Å²) in [5.41, 5.74) is 1.36. The summed E-state index contributed by atoms with van der Waals surface area (Å²) >= 11 is 6.23. The van der Waals surface area contributed by atoms with Gasteiger partial charge >= 0.3 is 5.97 Å². The molecule has 1 aromatic heterocycles. The van der Waals surface area contributed by atoms with Gasteiger partial charge in [0.05, 0.1) is 18.5 Å². The molecule has 0 radical (unpaired) electrons. The number of aromatic nitrogens is 2. The molecule has 0 aliphatic carbocycles. The minimum absolute atomic E-state index is 0.219. The predicted molar refractivity (Wildman–Crippen MR) is 102 cm³/mol. The fraction of sp³-hybridized carbons (Fsp3) is 0.421. The van der Waals surface area contributed by atoms with E-state index in [9.17, 15) is 4.79 Å². The zero-order valence-corrected chi connectivity index (χ0v) is 16.0. The van der Waals surface area contributed by atoms with Crippen LogP contribution in [0.25, 0.3) is 11.1 Å². The molecule has 1 aromatic carbocycles. The Hall–Kier alpha value is -2.18. The third-order valence-electron chi connectivity index (χ3n) is 4.21. The maximum absolute atomic E-state index is 12.0. The highest BCUT2D eigenvalue weighted by molar-refractivity contribution is 6.32. The highest BCUT2D eigenvalue weighted by Crippen LogP contribution is 2.29. The molecule has 0 saturated carbocycles. The molecule has 1 aliphatic rings. The second-order valence-corrected chi connectivity index (χ2v) is 7.68. The third-order valence-corrected chi connectivity index (χ3v) is 4.49. The molecule has 2 heterocycles. The Balaban J connectivity index is 1.68. The van der Waals surface area contributed by atoms with Crippen LogP contribution in [0.3, 0.4) is 0 Å². The van der Waals surface area contributed by atoms with Crippen molar-refractivity contribution in [3.8, 4) is 11.1 Å². The molecule has 7 heteroatoms. The van der Waals surface area contributed by atoms with Gasteiger partial charge in [0.2, 0.25) is 0 Å². The van der Waals surface area contributed by atoms with Crippen LogP contribution in [0.15, 0.2) is 36.4 Å². The van der Waals surface area contributed by atoms with Gasteiger partial charge in [-0.25, -0.2) is 4.79 Å². The fourth-order valence-electron chi connectivity index (χ4n) is 2.60. The third kappa shape index (κ3) is 4.31. The van der Waals surface area contributed by atoms with Crippen LogP contribution in [0.1, 0.15) is 20.8 Å². The van der Waals surface area contributed by atoms with E-state index in [0.29, 0.717) is 31.3 Å². The van der Waals surface area contributed by atoms with Gasteiger partial charge in [-0.05, 0) is 32.4 Å². The number of hydroxylamine groups is 2. The van der Waals surface area contributed by atoms with Crippen LogP contribution in [-0.4, -0.2) is 47.4 Å². The molecule has 2 aromatic rings. The van der Waals surface area contributed by atoms with Crippen LogP contribution >= 0.6 is 11.6 Å². The van der Waals surface area contributed by atoms with Gasteiger partial charge in [-0.2, -0.15) is 0 Å². The van der Waals surface area contributed by atoms with Crippen molar-refractivity contribution in [1.82, 2.24) is 15.3 Å². The lowest BCUT2D eigenvalue weighted by molar-refractivity contribution is -0.201. The lowest BCUT2D eigenvalue weighted by Gasteiger charge is -2.35. The molecule has 6 nitrogen and oxygen atoms in total. The number of nitrogens with zero attached hydrogens (tertiary/aromatic N) is 4. The summed E-state index contributed by atoms with van der Waals surface area (Å²) in [7, 11) is 0. The number of hydrogen-bond donors (Lipinski definition) is 0. The molecule has 3 rings (SSSR count). The normalized spacial score (nSPS) is 15.8. The Morgan fingerprint density at radius 3 is 2.35 bits per heavy atom. The van der Waals surface area contributed by atoms with Crippen LogP contribution in [0.4, 0.5) is 5.82 Å². The quantitative estimate of drug-likeness (QED) is 0.820. The lowest BCUT2D eigenvalue weighted by atomic mass is 9.98. The van der Waals surface area contributed by atoms with Crippen molar-refractivity contribution in [3.05, 3.63) is 41.6 Å².